The van der Waals surface area contributed by atoms with Crippen molar-refractivity contribution in [2.45, 2.75) is 56.7 Å². The Morgan fingerprint density at radius 1 is 0.771 bits per heavy atom. The van der Waals surface area contributed by atoms with E-state index in [4.69, 9.17) is 21.7 Å². The van der Waals surface area contributed by atoms with Crippen LogP contribution in [0.25, 0.3) is 0 Å². The van der Waals surface area contributed by atoms with Gasteiger partial charge in [-0.05, 0) is 19.3 Å². The second kappa shape index (κ2) is 18.3. The van der Waals surface area contributed by atoms with E-state index in [1.807, 2.05) is 0 Å². The number of carboxylic acids is 2. The molecule has 15 nitrogen and oxygen atoms in total. The number of hydrogen-bond donors (Lipinski definition) is 7. The summed E-state index contributed by atoms with van der Waals surface area (Å²) in [5, 5.41) is 40.6. The molecule has 0 aromatic carbocycles. The minimum atomic E-state index is -1.72. The Bertz CT molecular complexity index is 836. The summed E-state index contributed by atoms with van der Waals surface area (Å²) < 4.78 is 0. The molecule has 0 rings (SSSR count). The zero-order valence-electron chi connectivity index (χ0n) is 19.1. The normalized spacial score (nSPS) is 12.5. The van der Waals surface area contributed by atoms with Gasteiger partial charge in [0.1, 0.15) is 12.1 Å². The van der Waals surface area contributed by atoms with Gasteiger partial charge >= 0.3 is 35.5 Å². The Labute approximate surface area is 222 Å². The first kappa shape index (κ1) is 34.2. The molecule has 0 aliphatic rings. The molecule has 0 heterocycles. The molecule has 0 aliphatic heterocycles. The van der Waals surface area contributed by atoms with Gasteiger partial charge in [-0.1, -0.05) is 0 Å². The third-order valence-corrected chi connectivity index (χ3v) is 4.41. The van der Waals surface area contributed by atoms with Crippen LogP contribution in [0.5, 0.6) is 0 Å². The Hall–Kier alpha value is -3.01. The predicted octanol–water partition coefficient (Wildman–Crippen LogP) is -6.98. The van der Waals surface area contributed by atoms with Crippen molar-refractivity contribution in [1.29, 1.82) is 10.8 Å². The Balaban J connectivity index is 0. The fourth-order valence-corrected chi connectivity index (χ4v) is 2.56. The molecule has 0 spiro atoms. The molecule has 0 saturated heterocycles. The second-order valence-electron chi connectivity index (χ2n) is 7.00. The molecule has 3 amide bonds. The zero-order valence-corrected chi connectivity index (χ0v) is 21.1. The molecule has 3 unspecified atom stereocenters. The van der Waals surface area contributed by atoms with Gasteiger partial charge in [0.2, 0.25) is 17.7 Å². The zero-order chi connectivity index (χ0) is 26.3. The largest absolute Gasteiger partial charge is 1.00 e. The number of ketones is 2. The maximum absolute atomic E-state index is 12.6. The molecule has 188 valence electrons. The summed E-state index contributed by atoms with van der Waals surface area (Å²) in [7, 11) is 0. The predicted molar refractivity (Wildman–Crippen MR) is 113 cm³/mol. The van der Waals surface area contributed by atoms with Crippen molar-refractivity contribution in [1.82, 2.24) is 16.0 Å². The third kappa shape index (κ3) is 14.8. The van der Waals surface area contributed by atoms with Crippen LogP contribution in [0.15, 0.2) is 0 Å². The van der Waals surface area contributed by atoms with E-state index in [9.17, 15) is 38.7 Å². The van der Waals surface area contributed by atoms with Gasteiger partial charge in [-0.2, -0.15) is 0 Å². The summed E-state index contributed by atoms with van der Waals surface area (Å²) in [6.07, 6.45) is -1.22. The molecule has 3 atom stereocenters. The van der Waals surface area contributed by atoms with Crippen LogP contribution >= 0.6 is 0 Å². The number of Topliss-reactive ketones (excluding diaryl/α,β-unsaturated/α-hetero) is 2. The van der Waals surface area contributed by atoms with E-state index >= 15 is 0 Å². The van der Waals surface area contributed by atoms with E-state index in [1.165, 1.54) is 0 Å². The van der Waals surface area contributed by atoms with Crippen molar-refractivity contribution < 1.29 is 73.3 Å². The fraction of sp³-hybridized carbons (Fsp3) is 0.526. The topological polar surface area (TPSA) is 273 Å². The number of carbonyl (C=O) groups excluding carboxylic acids is 6. The molecular weight excluding hydrogens is 479 g/mol. The van der Waals surface area contributed by atoms with Crippen LogP contribution in [0.1, 0.15) is 38.5 Å². The second-order valence-corrected chi connectivity index (χ2v) is 7.00. The van der Waals surface area contributed by atoms with Gasteiger partial charge in [0, 0.05) is 19.3 Å². The summed E-state index contributed by atoms with van der Waals surface area (Å²) in [5.41, 5.74) is 5.10. The van der Waals surface area contributed by atoms with Crippen LogP contribution < -0.4 is 56.3 Å². The number of nitrogens with one attached hydrogen (secondary N) is 5. The monoisotopic (exact) mass is 506 g/mol. The van der Waals surface area contributed by atoms with Gasteiger partial charge < -0.3 is 47.5 Å². The van der Waals surface area contributed by atoms with E-state index < -0.39 is 72.3 Å². The number of aliphatic carboxylic acids is 2. The van der Waals surface area contributed by atoms with Crippen molar-refractivity contribution in [3.63, 3.8) is 0 Å². The standard InChI is InChI=1S/C19H28N6O9.Na/c20-7-10(26)1-3-12(17(30)25-14(19(33)34)4-2-11(27)8-21)23-15(28)6-5-13(18(31)32)24-16(29)9-22;/h7-8,12-14,20-21H,1-6,9,22H2,(H,23,28)(H,24,29)(H,25,30)(H,31,32)(H,33,34);/q;+1/p-1. The maximum atomic E-state index is 12.6. The van der Waals surface area contributed by atoms with Gasteiger partial charge in [0.15, 0.2) is 11.6 Å². The summed E-state index contributed by atoms with van der Waals surface area (Å²) in [6.45, 7) is -0.468. The molecule has 0 bridgehead atoms. The smallest absolute Gasteiger partial charge is 0.548 e. The van der Waals surface area contributed by atoms with Gasteiger partial charge in [-0.15, -0.1) is 0 Å². The minimum Gasteiger partial charge on any atom is -0.548 e. The van der Waals surface area contributed by atoms with Crippen molar-refractivity contribution in [2.75, 3.05) is 6.54 Å². The van der Waals surface area contributed by atoms with E-state index in [1.54, 1.807) is 0 Å². The van der Waals surface area contributed by atoms with E-state index in [-0.39, 0.29) is 61.7 Å². The third-order valence-electron chi connectivity index (χ3n) is 4.41. The average molecular weight is 506 g/mol. The maximum Gasteiger partial charge on any atom is 1.00 e. The van der Waals surface area contributed by atoms with Gasteiger partial charge in [-0.3, -0.25) is 24.0 Å². The molecule has 0 aliphatic carbocycles. The number of hydrogen-bond acceptors (Lipinski definition) is 11. The van der Waals surface area contributed by atoms with E-state index in [2.05, 4.69) is 16.0 Å². The van der Waals surface area contributed by atoms with Gasteiger partial charge in [0.25, 0.3) is 0 Å². The van der Waals surface area contributed by atoms with Crippen molar-refractivity contribution >= 4 is 53.7 Å². The van der Waals surface area contributed by atoms with Crippen molar-refractivity contribution in [2.24, 2.45) is 5.73 Å². The molecule has 16 heteroatoms. The first-order valence-electron chi connectivity index (χ1n) is 10.0. The van der Waals surface area contributed by atoms with Crippen LogP contribution in [0.4, 0.5) is 0 Å². The van der Waals surface area contributed by atoms with Crippen LogP contribution in [-0.2, 0) is 33.6 Å². The SMILES string of the molecule is N=CC(=O)CCC(NC(=O)C(CCC(=O)C=N)NC(=O)CCC(NC(=O)CN)C(=O)O)C(=O)[O-].[Na+]. The van der Waals surface area contributed by atoms with Crippen LogP contribution in [0.2, 0.25) is 0 Å². The quantitative estimate of drug-likeness (QED) is 0.0681. The molecule has 0 saturated carbocycles. The van der Waals surface area contributed by atoms with Crippen LogP contribution in [-0.4, -0.2) is 83.4 Å². The molecule has 0 fully saturated rings. The van der Waals surface area contributed by atoms with Crippen molar-refractivity contribution in [3.8, 4) is 0 Å². The van der Waals surface area contributed by atoms with E-state index in [0.29, 0.717) is 12.4 Å². The number of carbonyl (C=O) groups is 7. The first-order chi connectivity index (χ1) is 15.9. The minimum absolute atomic E-state index is 0. The molecule has 35 heavy (non-hydrogen) atoms. The van der Waals surface area contributed by atoms with E-state index in [0.717, 1.165) is 0 Å². The van der Waals surface area contributed by atoms with Gasteiger partial charge in [-0.25, -0.2) is 4.79 Å². The number of nitrogens with two attached hydrogens (primary N) is 1. The van der Waals surface area contributed by atoms with Crippen molar-refractivity contribution in [3.05, 3.63) is 0 Å². The summed E-state index contributed by atoms with van der Waals surface area (Å²) >= 11 is 0. The first-order valence-corrected chi connectivity index (χ1v) is 10.0. The summed E-state index contributed by atoms with van der Waals surface area (Å²) in [4.78, 5) is 81.3. The molecule has 0 aromatic heterocycles. The average Bonchev–Trinajstić information content (AvgIpc) is 2.80. The van der Waals surface area contributed by atoms with Crippen LogP contribution in [0.3, 0.4) is 0 Å². The molecule has 8 N–H and O–H groups in total. The Kier molecular flexibility index (Phi) is 17.9. The molecular formula is C19H27N6NaO9. The number of carboxylic acid groups (broad SMARTS) is 2. The Morgan fingerprint density at radius 3 is 1.66 bits per heavy atom. The number of rotatable bonds is 18. The summed E-state index contributed by atoms with van der Waals surface area (Å²) in [5.74, 6) is -7.10. The van der Waals surface area contributed by atoms with Gasteiger partial charge in [0.05, 0.1) is 31.0 Å². The van der Waals surface area contributed by atoms with Crippen LogP contribution in [0, 0.1) is 10.8 Å². The molecule has 0 radical (unpaired) electrons. The summed E-state index contributed by atoms with van der Waals surface area (Å²) in [6, 6.07) is -4.49. The molecule has 0 aromatic rings. The fourth-order valence-electron chi connectivity index (χ4n) is 2.56. The Morgan fingerprint density at radius 2 is 1.23 bits per heavy atom. The number of amides is 3.